The molecule has 0 aromatic heterocycles. The van der Waals surface area contributed by atoms with E-state index in [4.69, 9.17) is 9.47 Å². The van der Waals surface area contributed by atoms with Crippen LogP contribution >= 0.6 is 0 Å². The van der Waals surface area contributed by atoms with Gasteiger partial charge in [0.2, 0.25) is 0 Å². The number of ether oxygens (including phenoxy) is 2. The molecule has 2 N–H and O–H groups in total. The first-order chi connectivity index (χ1) is 15.0. The van der Waals surface area contributed by atoms with Crippen molar-refractivity contribution in [3.63, 3.8) is 0 Å². The maximum atomic E-state index is 12.6. The Morgan fingerprint density at radius 3 is 2.32 bits per heavy atom. The highest BCUT2D eigenvalue weighted by atomic mass is 16.5. The Morgan fingerprint density at radius 2 is 1.55 bits per heavy atom. The zero-order valence-electron chi connectivity index (χ0n) is 17.0. The molecule has 7 nitrogen and oxygen atoms in total. The van der Waals surface area contributed by atoms with E-state index in [2.05, 4.69) is 10.6 Å². The average Bonchev–Trinajstić information content (AvgIpc) is 2.77. The fraction of sp³-hybridized carbons (Fsp3) is 0.125. The maximum absolute atomic E-state index is 12.6. The first-order valence-electron chi connectivity index (χ1n) is 9.63. The molecule has 0 radical (unpaired) electrons. The molecule has 2 amide bonds. The van der Waals surface area contributed by atoms with Gasteiger partial charge in [0.15, 0.2) is 6.61 Å². The number of hydrogen-bond donors (Lipinski definition) is 2. The van der Waals surface area contributed by atoms with E-state index in [0.717, 1.165) is 5.56 Å². The Balaban J connectivity index is 1.59. The van der Waals surface area contributed by atoms with Gasteiger partial charge in [0.25, 0.3) is 11.8 Å². The molecule has 3 aromatic rings. The zero-order chi connectivity index (χ0) is 22.1. The van der Waals surface area contributed by atoms with E-state index in [9.17, 15) is 14.4 Å². The summed E-state index contributed by atoms with van der Waals surface area (Å²) in [5.74, 6) is -0.199. The quantitative estimate of drug-likeness (QED) is 0.431. The highest BCUT2D eigenvalue weighted by molar-refractivity contribution is 6.05. The summed E-state index contributed by atoms with van der Waals surface area (Å²) in [6.45, 7) is 1.41. The Labute approximate surface area is 180 Å². The van der Waals surface area contributed by atoms with E-state index < -0.39 is 5.97 Å². The molecule has 0 heterocycles. The van der Waals surface area contributed by atoms with Gasteiger partial charge in [-0.2, -0.15) is 0 Å². The second-order valence-corrected chi connectivity index (χ2v) is 6.61. The molecule has 3 rings (SSSR count). The lowest BCUT2D eigenvalue weighted by atomic mass is 10.1. The predicted molar refractivity (Wildman–Crippen MR) is 116 cm³/mol. The summed E-state index contributed by atoms with van der Waals surface area (Å²) in [5, 5.41) is 5.61. The van der Waals surface area contributed by atoms with E-state index in [1.165, 1.54) is 13.0 Å². The molecule has 0 saturated heterocycles. The van der Waals surface area contributed by atoms with Crippen LogP contribution in [0.4, 0.5) is 5.69 Å². The Morgan fingerprint density at radius 1 is 0.839 bits per heavy atom. The summed E-state index contributed by atoms with van der Waals surface area (Å²) in [6.07, 6.45) is 0. The molecule has 31 heavy (non-hydrogen) atoms. The fourth-order valence-electron chi connectivity index (χ4n) is 2.77. The number of rotatable bonds is 8. The molecule has 0 atom stereocenters. The molecule has 0 saturated carbocycles. The van der Waals surface area contributed by atoms with Gasteiger partial charge in [0.05, 0.1) is 0 Å². The van der Waals surface area contributed by atoms with Crippen molar-refractivity contribution in [2.75, 3.05) is 11.9 Å². The van der Waals surface area contributed by atoms with Crippen LogP contribution in [0.2, 0.25) is 0 Å². The Bertz CT molecular complexity index is 1070. The molecule has 7 heteroatoms. The minimum absolute atomic E-state index is 0.110. The summed E-state index contributed by atoms with van der Waals surface area (Å²) in [5.41, 5.74) is 1.64. The average molecular weight is 418 g/mol. The van der Waals surface area contributed by atoms with Crippen LogP contribution in [0.25, 0.3) is 0 Å². The molecule has 0 unspecified atom stereocenters. The number of anilines is 1. The van der Waals surface area contributed by atoms with E-state index in [1.807, 2.05) is 30.3 Å². The highest BCUT2D eigenvalue weighted by Crippen LogP contribution is 2.18. The van der Waals surface area contributed by atoms with Crippen LogP contribution in [0.1, 0.15) is 22.8 Å². The van der Waals surface area contributed by atoms with Crippen molar-refractivity contribution in [2.24, 2.45) is 0 Å². The van der Waals surface area contributed by atoms with Gasteiger partial charge in [-0.05, 0) is 42.0 Å². The van der Waals surface area contributed by atoms with E-state index in [-0.39, 0.29) is 25.0 Å². The summed E-state index contributed by atoms with van der Waals surface area (Å²) in [4.78, 5) is 35.9. The molecule has 158 valence electrons. The Kier molecular flexibility index (Phi) is 7.37. The first kappa shape index (κ1) is 21.6. The van der Waals surface area contributed by atoms with Gasteiger partial charge in [0, 0.05) is 24.7 Å². The van der Waals surface area contributed by atoms with E-state index >= 15 is 0 Å². The summed E-state index contributed by atoms with van der Waals surface area (Å²) < 4.78 is 10.5. The number of carbonyl (C=O) groups excluding carboxylic acids is 3. The van der Waals surface area contributed by atoms with Crippen molar-refractivity contribution >= 4 is 23.5 Å². The number of carbonyl (C=O) groups is 3. The van der Waals surface area contributed by atoms with Gasteiger partial charge in [-0.25, -0.2) is 0 Å². The van der Waals surface area contributed by atoms with Crippen LogP contribution < -0.4 is 20.1 Å². The summed E-state index contributed by atoms with van der Waals surface area (Å²) >= 11 is 0. The summed E-state index contributed by atoms with van der Waals surface area (Å²) in [6, 6.07) is 22.6. The third-order valence-electron chi connectivity index (χ3n) is 4.21. The number of hydrogen-bond acceptors (Lipinski definition) is 5. The lowest BCUT2D eigenvalue weighted by Crippen LogP contribution is -2.28. The monoisotopic (exact) mass is 418 g/mol. The van der Waals surface area contributed by atoms with Crippen LogP contribution in [0, 0.1) is 0 Å². The predicted octanol–water partition coefficient (Wildman–Crippen LogP) is 3.56. The standard InChI is InChI=1S/C24H22N2O5/c1-17(27)31-21-12-7-9-18(14-21)24(29)26-22-13-6-5-8-19(22)15-25-23(28)16-30-20-10-3-2-4-11-20/h2-14H,15-16H2,1H3,(H,25,28)(H,26,29). The second kappa shape index (κ2) is 10.6. The van der Waals surface area contributed by atoms with Crippen molar-refractivity contribution in [3.8, 4) is 11.5 Å². The number of benzene rings is 3. The molecule has 3 aromatic carbocycles. The van der Waals surface area contributed by atoms with Crippen LogP contribution in [-0.2, 0) is 16.1 Å². The number of para-hydroxylation sites is 2. The minimum atomic E-state index is -0.463. The molecule has 0 aliphatic rings. The largest absolute Gasteiger partial charge is 0.484 e. The van der Waals surface area contributed by atoms with Gasteiger partial charge in [-0.1, -0.05) is 42.5 Å². The van der Waals surface area contributed by atoms with Gasteiger partial charge >= 0.3 is 5.97 Å². The zero-order valence-corrected chi connectivity index (χ0v) is 17.0. The molecular weight excluding hydrogens is 396 g/mol. The highest BCUT2D eigenvalue weighted by Gasteiger charge is 2.11. The number of nitrogens with one attached hydrogen (secondary N) is 2. The van der Waals surface area contributed by atoms with Gasteiger partial charge in [-0.15, -0.1) is 0 Å². The van der Waals surface area contributed by atoms with Crippen molar-refractivity contribution in [1.82, 2.24) is 5.32 Å². The molecule has 0 fully saturated rings. The lowest BCUT2D eigenvalue weighted by molar-refractivity contribution is -0.131. The van der Waals surface area contributed by atoms with Crippen molar-refractivity contribution < 1.29 is 23.9 Å². The van der Waals surface area contributed by atoms with Crippen LogP contribution in [0.15, 0.2) is 78.9 Å². The third kappa shape index (κ3) is 6.71. The second-order valence-electron chi connectivity index (χ2n) is 6.61. The van der Waals surface area contributed by atoms with Crippen molar-refractivity contribution in [2.45, 2.75) is 13.5 Å². The van der Waals surface area contributed by atoms with Crippen LogP contribution in [0.3, 0.4) is 0 Å². The summed E-state index contributed by atoms with van der Waals surface area (Å²) in [7, 11) is 0. The Hall–Kier alpha value is -4.13. The van der Waals surface area contributed by atoms with Crippen molar-refractivity contribution in [3.05, 3.63) is 90.0 Å². The van der Waals surface area contributed by atoms with E-state index in [1.54, 1.807) is 42.5 Å². The van der Waals surface area contributed by atoms with Crippen molar-refractivity contribution in [1.29, 1.82) is 0 Å². The molecule has 0 spiro atoms. The molecule has 0 aliphatic carbocycles. The maximum Gasteiger partial charge on any atom is 0.308 e. The van der Waals surface area contributed by atoms with Crippen LogP contribution in [-0.4, -0.2) is 24.4 Å². The first-order valence-corrected chi connectivity index (χ1v) is 9.63. The van der Waals surface area contributed by atoms with Gasteiger partial charge < -0.3 is 20.1 Å². The topological polar surface area (TPSA) is 93.7 Å². The lowest BCUT2D eigenvalue weighted by Gasteiger charge is -2.13. The fourth-order valence-corrected chi connectivity index (χ4v) is 2.77. The third-order valence-corrected chi connectivity index (χ3v) is 4.21. The minimum Gasteiger partial charge on any atom is -0.484 e. The molecular formula is C24H22N2O5. The number of esters is 1. The molecule has 0 aliphatic heterocycles. The number of amides is 2. The van der Waals surface area contributed by atoms with Gasteiger partial charge in [0.1, 0.15) is 11.5 Å². The SMILES string of the molecule is CC(=O)Oc1cccc(C(=O)Nc2ccccc2CNC(=O)COc2ccccc2)c1. The smallest absolute Gasteiger partial charge is 0.308 e. The molecule has 0 bridgehead atoms. The van der Waals surface area contributed by atoms with Gasteiger partial charge in [-0.3, -0.25) is 14.4 Å². The van der Waals surface area contributed by atoms with Crippen LogP contribution in [0.5, 0.6) is 11.5 Å². The normalized spacial score (nSPS) is 10.1. The van der Waals surface area contributed by atoms with E-state index in [0.29, 0.717) is 22.7 Å².